The lowest BCUT2D eigenvalue weighted by atomic mass is 10.1. The highest BCUT2D eigenvalue weighted by molar-refractivity contribution is 6.42. The molecular weight excluding hydrogens is 501 g/mol. The Morgan fingerprint density at radius 2 is 1.86 bits per heavy atom. The molecule has 36 heavy (non-hydrogen) atoms. The Hall–Kier alpha value is -3.55. The number of ether oxygens (including phenoxy) is 2. The number of carbonyl (C=O) groups excluding carboxylic acids is 2. The van der Waals surface area contributed by atoms with E-state index in [2.05, 4.69) is 10.5 Å². The predicted octanol–water partition coefficient (Wildman–Crippen LogP) is 5.39. The number of hydrogen-bond donors (Lipinski definition) is 1. The summed E-state index contributed by atoms with van der Waals surface area (Å²) in [6.45, 7) is 2.59. The SMILES string of the molecule is COc1cc(/C=N/NC(=O)[C@@H]2CC(=O)N(c3ccc(C)cc3)C2)ccc1OCc1ccc(Cl)c(Cl)c1. The van der Waals surface area contributed by atoms with E-state index in [1.165, 1.54) is 6.21 Å². The van der Waals surface area contributed by atoms with Gasteiger partial charge in [0, 0.05) is 18.7 Å². The summed E-state index contributed by atoms with van der Waals surface area (Å²) in [6, 6.07) is 18.3. The van der Waals surface area contributed by atoms with Crippen molar-refractivity contribution in [2.24, 2.45) is 11.0 Å². The molecule has 0 unspecified atom stereocenters. The highest BCUT2D eigenvalue weighted by Gasteiger charge is 2.35. The van der Waals surface area contributed by atoms with Gasteiger partial charge in [-0.2, -0.15) is 5.10 Å². The minimum atomic E-state index is -0.470. The molecule has 3 aromatic rings. The van der Waals surface area contributed by atoms with Crippen LogP contribution in [-0.2, 0) is 16.2 Å². The zero-order valence-electron chi connectivity index (χ0n) is 19.8. The summed E-state index contributed by atoms with van der Waals surface area (Å²) in [7, 11) is 1.54. The molecule has 0 radical (unpaired) electrons. The van der Waals surface area contributed by atoms with E-state index in [9.17, 15) is 9.59 Å². The summed E-state index contributed by atoms with van der Waals surface area (Å²) in [5.41, 5.74) is 6.01. The van der Waals surface area contributed by atoms with Gasteiger partial charge in [-0.1, -0.05) is 47.0 Å². The zero-order chi connectivity index (χ0) is 25.7. The number of nitrogens with zero attached hydrogens (tertiary/aromatic N) is 2. The number of carbonyl (C=O) groups is 2. The molecule has 0 aliphatic carbocycles. The second kappa shape index (κ2) is 11.5. The van der Waals surface area contributed by atoms with Gasteiger partial charge in [0.25, 0.3) is 0 Å². The zero-order valence-corrected chi connectivity index (χ0v) is 21.3. The van der Waals surface area contributed by atoms with E-state index in [1.54, 1.807) is 42.3 Å². The smallest absolute Gasteiger partial charge is 0.245 e. The van der Waals surface area contributed by atoms with Gasteiger partial charge in [-0.05, 0) is 60.5 Å². The molecule has 0 spiro atoms. The van der Waals surface area contributed by atoms with Crippen molar-refractivity contribution in [1.82, 2.24) is 5.43 Å². The molecule has 7 nitrogen and oxygen atoms in total. The van der Waals surface area contributed by atoms with Crippen LogP contribution < -0.4 is 19.8 Å². The molecule has 1 atom stereocenters. The molecule has 1 aliphatic heterocycles. The lowest BCUT2D eigenvalue weighted by molar-refractivity contribution is -0.126. The average molecular weight is 526 g/mol. The summed E-state index contributed by atoms with van der Waals surface area (Å²) in [5, 5.41) is 5.00. The fraction of sp³-hybridized carbons (Fsp3) is 0.222. The van der Waals surface area contributed by atoms with Gasteiger partial charge in [0.1, 0.15) is 6.61 Å². The summed E-state index contributed by atoms with van der Waals surface area (Å²) in [4.78, 5) is 26.6. The Kier molecular flexibility index (Phi) is 8.13. The fourth-order valence-corrected chi connectivity index (χ4v) is 4.11. The van der Waals surface area contributed by atoms with Gasteiger partial charge in [-0.15, -0.1) is 0 Å². The lowest BCUT2D eigenvalue weighted by Crippen LogP contribution is -2.30. The van der Waals surface area contributed by atoms with Crippen LogP contribution in [0, 0.1) is 12.8 Å². The third-order valence-corrected chi connectivity index (χ3v) is 6.53. The van der Waals surface area contributed by atoms with E-state index < -0.39 is 5.92 Å². The van der Waals surface area contributed by atoms with Gasteiger partial charge in [0.15, 0.2) is 11.5 Å². The highest BCUT2D eigenvalue weighted by Crippen LogP contribution is 2.30. The lowest BCUT2D eigenvalue weighted by Gasteiger charge is -2.16. The Morgan fingerprint density at radius 3 is 2.58 bits per heavy atom. The van der Waals surface area contributed by atoms with Gasteiger partial charge >= 0.3 is 0 Å². The first-order valence-electron chi connectivity index (χ1n) is 11.3. The number of aryl methyl sites for hydroxylation is 1. The van der Waals surface area contributed by atoms with E-state index in [4.69, 9.17) is 32.7 Å². The molecule has 4 rings (SSSR count). The van der Waals surface area contributed by atoms with E-state index >= 15 is 0 Å². The Balaban J connectivity index is 1.33. The fourth-order valence-electron chi connectivity index (χ4n) is 3.79. The van der Waals surface area contributed by atoms with E-state index in [1.807, 2.05) is 37.3 Å². The quantitative estimate of drug-likeness (QED) is 0.315. The number of halogens is 2. The second-order valence-corrected chi connectivity index (χ2v) is 9.24. The maximum atomic E-state index is 12.6. The topological polar surface area (TPSA) is 80.2 Å². The van der Waals surface area contributed by atoms with Crippen molar-refractivity contribution in [3.8, 4) is 11.5 Å². The normalized spacial score (nSPS) is 15.4. The molecular formula is C27H25Cl2N3O4. The largest absolute Gasteiger partial charge is 0.493 e. The minimum absolute atomic E-state index is 0.0795. The monoisotopic (exact) mass is 525 g/mol. The molecule has 0 saturated carbocycles. The van der Waals surface area contributed by atoms with Gasteiger partial charge in [-0.25, -0.2) is 5.43 Å². The maximum Gasteiger partial charge on any atom is 0.245 e. The Bertz CT molecular complexity index is 1290. The van der Waals surface area contributed by atoms with Crippen LogP contribution in [0.1, 0.15) is 23.1 Å². The number of methoxy groups -OCH3 is 1. The number of rotatable bonds is 8. The van der Waals surface area contributed by atoms with Crippen LogP contribution in [0.2, 0.25) is 10.0 Å². The molecule has 1 heterocycles. The summed E-state index contributed by atoms with van der Waals surface area (Å²) >= 11 is 12.0. The predicted molar refractivity (Wildman–Crippen MR) is 141 cm³/mol. The van der Waals surface area contributed by atoms with Crippen molar-refractivity contribution in [3.63, 3.8) is 0 Å². The van der Waals surface area contributed by atoms with E-state index in [-0.39, 0.29) is 24.8 Å². The van der Waals surface area contributed by atoms with Crippen LogP contribution >= 0.6 is 23.2 Å². The minimum Gasteiger partial charge on any atom is -0.493 e. The van der Waals surface area contributed by atoms with Crippen molar-refractivity contribution in [3.05, 3.63) is 87.4 Å². The van der Waals surface area contributed by atoms with Crippen LogP contribution in [0.4, 0.5) is 5.69 Å². The van der Waals surface area contributed by atoms with Crippen LogP contribution in [0.3, 0.4) is 0 Å². The first-order chi connectivity index (χ1) is 17.3. The first kappa shape index (κ1) is 25.5. The molecule has 186 valence electrons. The Morgan fingerprint density at radius 1 is 1.08 bits per heavy atom. The van der Waals surface area contributed by atoms with Crippen LogP contribution in [0.15, 0.2) is 65.8 Å². The second-order valence-electron chi connectivity index (χ2n) is 8.42. The third-order valence-electron chi connectivity index (χ3n) is 5.80. The molecule has 2 amide bonds. The summed E-state index contributed by atoms with van der Waals surface area (Å²) in [6.07, 6.45) is 1.66. The van der Waals surface area contributed by atoms with E-state index in [0.29, 0.717) is 33.7 Å². The molecule has 0 bridgehead atoms. The van der Waals surface area contributed by atoms with Crippen molar-refractivity contribution in [1.29, 1.82) is 0 Å². The molecule has 0 aromatic heterocycles. The van der Waals surface area contributed by atoms with Crippen LogP contribution in [0.5, 0.6) is 11.5 Å². The summed E-state index contributed by atoms with van der Waals surface area (Å²) in [5.74, 6) is 0.209. The van der Waals surface area contributed by atoms with Crippen LogP contribution in [-0.4, -0.2) is 31.7 Å². The number of anilines is 1. The van der Waals surface area contributed by atoms with Gasteiger partial charge in [0.05, 0.1) is 29.3 Å². The molecule has 3 aromatic carbocycles. The molecule has 9 heteroatoms. The first-order valence-corrected chi connectivity index (χ1v) is 12.0. The van der Waals surface area contributed by atoms with Gasteiger partial charge < -0.3 is 14.4 Å². The molecule has 1 N–H and O–H groups in total. The van der Waals surface area contributed by atoms with Crippen molar-refractivity contribution in [2.45, 2.75) is 20.0 Å². The number of hydrazone groups is 1. The van der Waals surface area contributed by atoms with Gasteiger partial charge in [0.2, 0.25) is 11.8 Å². The number of hydrogen-bond acceptors (Lipinski definition) is 5. The van der Waals surface area contributed by atoms with Crippen molar-refractivity contribution >= 4 is 46.9 Å². The summed E-state index contributed by atoms with van der Waals surface area (Å²) < 4.78 is 11.3. The maximum absolute atomic E-state index is 12.6. The number of nitrogens with one attached hydrogen (secondary N) is 1. The highest BCUT2D eigenvalue weighted by atomic mass is 35.5. The molecule has 1 aliphatic rings. The van der Waals surface area contributed by atoms with Crippen molar-refractivity contribution in [2.75, 3.05) is 18.6 Å². The molecule has 1 saturated heterocycles. The number of amides is 2. The third kappa shape index (κ3) is 6.17. The standard InChI is InChI=1S/C27H25Cl2N3O4/c1-17-3-7-21(8-4-17)32-15-20(13-26(32)33)27(34)31-30-14-18-6-10-24(25(12-18)35-2)36-16-19-5-9-22(28)23(29)11-19/h3-12,14,20H,13,15-16H2,1-2H3,(H,31,34)/b30-14+/t20-/m1/s1. The van der Waals surface area contributed by atoms with Gasteiger partial charge in [-0.3, -0.25) is 9.59 Å². The van der Waals surface area contributed by atoms with Crippen LogP contribution in [0.25, 0.3) is 0 Å². The molecule has 1 fully saturated rings. The Labute approximate surface area is 219 Å². The van der Waals surface area contributed by atoms with E-state index in [0.717, 1.165) is 16.8 Å². The average Bonchev–Trinajstić information content (AvgIpc) is 3.27. The van der Waals surface area contributed by atoms with Crippen molar-refractivity contribution < 1.29 is 19.1 Å². The number of benzene rings is 3.